The zero-order valence-corrected chi connectivity index (χ0v) is 18.3. The number of nitrogens with zero attached hydrogens (tertiary/aromatic N) is 3. The van der Waals surface area contributed by atoms with Gasteiger partial charge in [0.1, 0.15) is 11.6 Å². The van der Waals surface area contributed by atoms with Crippen molar-refractivity contribution in [2.45, 2.75) is 18.9 Å². The van der Waals surface area contributed by atoms with Crippen LogP contribution in [0.25, 0.3) is 11.0 Å². The Labute approximate surface area is 194 Å². The van der Waals surface area contributed by atoms with Crippen molar-refractivity contribution in [3.63, 3.8) is 0 Å². The van der Waals surface area contributed by atoms with Crippen molar-refractivity contribution < 1.29 is 18.7 Å². The summed E-state index contributed by atoms with van der Waals surface area (Å²) in [5.41, 5.74) is 2.84. The summed E-state index contributed by atoms with van der Waals surface area (Å²) in [7, 11) is 0. The van der Waals surface area contributed by atoms with Gasteiger partial charge in [-0.2, -0.15) is 0 Å². The molecule has 0 radical (unpaired) electrons. The Morgan fingerprint density at radius 2 is 1.91 bits per heavy atom. The highest BCUT2D eigenvalue weighted by Crippen LogP contribution is 2.39. The number of fused-ring (bicyclic) bond motifs is 2. The molecule has 1 atom stereocenters. The van der Waals surface area contributed by atoms with Crippen LogP contribution in [0.4, 0.5) is 10.1 Å². The summed E-state index contributed by atoms with van der Waals surface area (Å²) >= 11 is 6.32. The molecule has 1 fully saturated rings. The summed E-state index contributed by atoms with van der Waals surface area (Å²) in [6.07, 6.45) is 0.308. The second kappa shape index (κ2) is 7.78. The highest BCUT2D eigenvalue weighted by molar-refractivity contribution is 6.31. The van der Waals surface area contributed by atoms with Crippen LogP contribution >= 0.6 is 11.6 Å². The molecule has 2 aliphatic heterocycles. The van der Waals surface area contributed by atoms with E-state index in [1.54, 1.807) is 17.0 Å². The maximum atomic E-state index is 14.6. The summed E-state index contributed by atoms with van der Waals surface area (Å²) in [5, 5.41) is 0.364. The predicted molar refractivity (Wildman–Crippen MR) is 123 cm³/mol. The van der Waals surface area contributed by atoms with Crippen LogP contribution in [0.15, 0.2) is 60.7 Å². The molecule has 0 saturated carbocycles. The average molecular weight is 464 g/mol. The van der Waals surface area contributed by atoms with E-state index in [1.807, 2.05) is 47.0 Å². The molecule has 33 heavy (non-hydrogen) atoms. The minimum Gasteiger partial charge on any atom is -0.454 e. The Morgan fingerprint density at radius 3 is 2.79 bits per heavy atom. The van der Waals surface area contributed by atoms with Crippen LogP contribution in [0, 0.1) is 5.82 Å². The Bertz CT molecular complexity index is 1380. The highest BCUT2D eigenvalue weighted by atomic mass is 35.5. The molecule has 3 aromatic carbocycles. The van der Waals surface area contributed by atoms with Gasteiger partial charge in [0.25, 0.3) is 0 Å². The molecule has 0 aliphatic carbocycles. The number of halogens is 2. The van der Waals surface area contributed by atoms with Gasteiger partial charge in [0.2, 0.25) is 12.7 Å². The monoisotopic (exact) mass is 463 g/mol. The highest BCUT2D eigenvalue weighted by Gasteiger charge is 2.35. The van der Waals surface area contributed by atoms with E-state index in [1.165, 1.54) is 6.07 Å². The molecular formula is C25H19ClFN3O3. The number of benzene rings is 3. The topological polar surface area (TPSA) is 56.6 Å². The lowest BCUT2D eigenvalue weighted by molar-refractivity contribution is -0.117. The van der Waals surface area contributed by atoms with Gasteiger partial charge in [0.05, 0.1) is 17.6 Å². The molecule has 1 saturated heterocycles. The van der Waals surface area contributed by atoms with E-state index in [2.05, 4.69) is 0 Å². The van der Waals surface area contributed by atoms with E-state index in [0.29, 0.717) is 35.1 Å². The third kappa shape index (κ3) is 3.40. The number of rotatable bonds is 4. The number of imidazole rings is 1. The number of carbonyl (C=O) groups excluding carboxylic acids is 1. The van der Waals surface area contributed by atoms with Gasteiger partial charge in [-0.25, -0.2) is 9.37 Å². The normalized spacial score (nSPS) is 17.3. The number of anilines is 1. The van der Waals surface area contributed by atoms with Crippen LogP contribution in [0.5, 0.6) is 11.5 Å². The maximum absolute atomic E-state index is 14.6. The Hall–Kier alpha value is -3.58. The number of hydrogen-bond donors (Lipinski definition) is 0. The van der Waals surface area contributed by atoms with Crippen molar-refractivity contribution in [2.24, 2.45) is 0 Å². The minimum absolute atomic E-state index is 0.00129. The second-order valence-corrected chi connectivity index (χ2v) is 8.60. The lowest BCUT2D eigenvalue weighted by Gasteiger charge is -2.18. The number of aromatic nitrogens is 2. The first kappa shape index (κ1) is 20.1. The molecule has 1 unspecified atom stereocenters. The van der Waals surface area contributed by atoms with Crippen LogP contribution < -0.4 is 14.4 Å². The SMILES string of the molecule is O=C1CC(c2nc3ccccc3n2Cc2c(F)cccc2Cl)CN1c1ccc2c(c1)OCO2. The van der Waals surface area contributed by atoms with E-state index in [0.717, 1.165) is 22.5 Å². The molecule has 6 rings (SSSR count). The molecule has 4 aromatic rings. The molecule has 0 N–H and O–H groups in total. The molecule has 1 aromatic heterocycles. The van der Waals surface area contributed by atoms with Crippen molar-refractivity contribution >= 4 is 34.2 Å². The van der Waals surface area contributed by atoms with Crippen molar-refractivity contribution in [1.29, 1.82) is 0 Å². The Morgan fingerprint density at radius 1 is 1.06 bits per heavy atom. The van der Waals surface area contributed by atoms with E-state index < -0.39 is 0 Å². The smallest absolute Gasteiger partial charge is 0.231 e. The summed E-state index contributed by atoms with van der Waals surface area (Å²) in [6.45, 7) is 0.876. The lowest BCUT2D eigenvalue weighted by atomic mass is 10.1. The molecule has 0 spiro atoms. The summed E-state index contributed by atoms with van der Waals surface area (Å²) in [6, 6.07) is 17.9. The van der Waals surface area contributed by atoms with E-state index in [-0.39, 0.29) is 31.0 Å². The van der Waals surface area contributed by atoms with Gasteiger partial charge < -0.3 is 18.9 Å². The standard InChI is InChI=1S/C25H19ClFN3O3/c26-18-4-3-5-19(27)17(18)13-30-21-7-2-1-6-20(21)28-25(30)15-10-24(31)29(12-15)16-8-9-22-23(11-16)33-14-32-22/h1-9,11,15H,10,12-14H2. The fourth-order valence-electron chi connectivity index (χ4n) is 4.60. The van der Waals surface area contributed by atoms with Crippen LogP contribution in [-0.4, -0.2) is 28.8 Å². The number of para-hydroxylation sites is 2. The van der Waals surface area contributed by atoms with Gasteiger partial charge in [-0.1, -0.05) is 29.8 Å². The van der Waals surface area contributed by atoms with Gasteiger partial charge in [0, 0.05) is 41.2 Å². The number of amides is 1. The summed E-state index contributed by atoms with van der Waals surface area (Å²) in [5.74, 6) is 1.53. The van der Waals surface area contributed by atoms with Gasteiger partial charge in [-0.3, -0.25) is 4.79 Å². The first-order chi connectivity index (χ1) is 16.1. The number of hydrogen-bond acceptors (Lipinski definition) is 4. The number of carbonyl (C=O) groups is 1. The molecule has 1 amide bonds. The molecule has 3 heterocycles. The fraction of sp³-hybridized carbons (Fsp3) is 0.200. The average Bonchev–Trinajstić information content (AvgIpc) is 3.52. The molecule has 166 valence electrons. The predicted octanol–water partition coefficient (Wildman–Crippen LogP) is 5.13. The van der Waals surface area contributed by atoms with E-state index in [4.69, 9.17) is 26.1 Å². The van der Waals surface area contributed by atoms with E-state index >= 15 is 0 Å². The first-order valence-corrected chi connectivity index (χ1v) is 11.0. The quantitative estimate of drug-likeness (QED) is 0.421. The molecular weight excluding hydrogens is 445 g/mol. The van der Waals surface area contributed by atoms with Crippen molar-refractivity contribution in [3.8, 4) is 11.5 Å². The van der Waals surface area contributed by atoms with Crippen LogP contribution in [-0.2, 0) is 11.3 Å². The van der Waals surface area contributed by atoms with E-state index in [9.17, 15) is 9.18 Å². The van der Waals surface area contributed by atoms with Gasteiger partial charge in [-0.15, -0.1) is 0 Å². The maximum Gasteiger partial charge on any atom is 0.231 e. The molecule has 2 aliphatic rings. The van der Waals surface area contributed by atoms with Crippen molar-refractivity contribution in [1.82, 2.24) is 9.55 Å². The van der Waals surface area contributed by atoms with Gasteiger partial charge >= 0.3 is 0 Å². The molecule has 6 nitrogen and oxygen atoms in total. The first-order valence-electron chi connectivity index (χ1n) is 10.7. The number of ether oxygens (including phenoxy) is 2. The minimum atomic E-state index is -0.365. The third-order valence-corrected chi connectivity index (χ3v) is 6.57. The molecule has 0 bridgehead atoms. The third-order valence-electron chi connectivity index (χ3n) is 6.22. The fourth-order valence-corrected chi connectivity index (χ4v) is 4.82. The van der Waals surface area contributed by atoms with Crippen LogP contribution in [0.1, 0.15) is 23.7 Å². The zero-order chi connectivity index (χ0) is 22.5. The van der Waals surface area contributed by atoms with Crippen molar-refractivity contribution in [2.75, 3.05) is 18.2 Å². The van der Waals surface area contributed by atoms with Crippen molar-refractivity contribution in [3.05, 3.63) is 82.9 Å². The van der Waals surface area contributed by atoms with Crippen LogP contribution in [0.3, 0.4) is 0 Å². The molecule has 8 heteroatoms. The summed E-state index contributed by atoms with van der Waals surface area (Å²) in [4.78, 5) is 19.6. The van der Waals surface area contributed by atoms with Crippen LogP contribution in [0.2, 0.25) is 5.02 Å². The summed E-state index contributed by atoms with van der Waals surface area (Å²) < 4.78 is 27.4. The Kier molecular flexibility index (Phi) is 4.73. The zero-order valence-electron chi connectivity index (χ0n) is 17.5. The lowest BCUT2D eigenvalue weighted by Crippen LogP contribution is -2.24. The van der Waals surface area contributed by atoms with Gasteiger partial charge in [0.15, 0.2) is 11.5 Å². The van der Waals surface area contributed by atoms with Gasteiger partial charge in [-0.05, 0) is 36.4 Å². The second-order valence-electron chi connectivity index (χ2n) is 8.19. The largest absolute Gasteiger partial charge is 0.454 e. The Balaban J connectivity index is 1.38.